The van der Waals surface area contributed by atoms with Gasteiger partial charge in [0.1, 0.15) is 12.1 Å². The van der Waals surface area contributed by atoms with Gasteiger partial charge in [0.25, 0.3) is 0 Å². The van der Waals surface area contributed by atoms with Gasteiger partial charge in [-0.2, -0.15) is 0 Å². The van der Waals surface area contributed by atoms with Crippen molar-refractivity contribution in [2.24, 2.45) is 5.92 Å². The lowest BCUT2D eigenvalue weighted by atomic mass is 9.97. The minimum Gasteiger partial charge on any atom is -0.376 e. The van der Waals surface area contributed by atoms with Gasteiger partial charge < -0.3 is 15.0 Å². The number of carbonyl (C=O) groups excluding carboxylic acids is 2. The van der Waals surface area contributed by atoms with E-state index in [2.05, 4.69) is 19.2 Å². The van der Waals surface area contributed by atoms with Gasteiger partial charge in [0.05, 0.1) is 6.10 Å². The molecule has 2 aliphatic heterocycles. The maximum absolute atomic E-state index is 12.6. The topological polar surface area (TPSA) is 58.6 Å². The van der Waals surface area contributed by atoms with Crippen molar-refractivity contribution in [3.05, 3.63) is 0 Å². The Morgan fingerprint density at radius 3 is 2.70 bits per heavy atom. The second kappa shape index (κ2) is 6.57. The van der Waals surface area contributed by atoms with Crippen molar-refractivity contribution in [2.45, 2.75) is 64.6 Å². The number of ether oxygens (including phenoxy) is 1. The smallest absolute Gasteiger partial charge is 0.245 e. The van der Waals surface area contributed by atoms with Crippen LogP contribution in [0.15, 0.2) is 0 Å². The minimum atomic E-state index is -0.369. The van der Waals surface area contributed by atoms with Crippen LogP contribution in [0.5, 0.6) is 0 Å². The van der Waals surface area contributed by atoms with Crippen molar-refractivity contribution in [1.29, 1.82) is 0 Å². The standard InChI is InChI=1S/C15H26N2O3/c1-4-13-14(18)16-12(8-10(2)3)15(19)17(13)9-11-6-5-7-20-11/h10-13H,4-9H2,1-3H3,(H,16,18). The van der Waals surface area contributed by atoms with E-state index >= 15 is 0 Å². The van der Waals surface area contributed by atoms with Crippen LogP contribution in [0.1, 0.15) is 46.5 Å². The Hall–Kier alpha value is -1.10. The first-order valence-electron chi connectivity index (χ1n) is 7.75. The number of amides is 2. The van der Waals surface area contributed by atoms with Crippen LogP contribution in [0.25, 0.3) is 0 Å². The number of hydrogen-bond acceptors (Lipinski definition) is 3. The molecule has 0 spiro atoms. The first kappa shape index (κ1) is 15.3. The third kappa shape index (κ3) is 3.32. The monoisotopic (exact) mass is 282 g/mol. The van der Waals surface area contributed by atoms with E-state index in [-0.39, 0.29) is 30.0 Å². The first-order valence-corrected chi connectivity index (χ1v) is 7.75. The summed E-state index contributed by atoms with van der Waals surface area (Å²) in [5.41, 5.74) is 0. The van der Waals surface area contributed by atoms with E-state index in [4.69, 9.17) is 4.74 Å². The second-order valence-electron chi connectivity index (χ2n) is 6.24. The maximum atomic E-state index is 12.6. The highest BCUT2D eigenvalue weighted by atomic mass is 16.5. The van der Waals surface area contributed by atoms with Crippen molar-refractivity contribution < 1.29 is 14.3 Å². The van der Waals surface area contributed by atoms with Gasteiger partial charge in [0.2, 0.25) is 11.8 Å². The highest BCUT2D eigenvalue weighted by Crippen LogP contribution is 2.21. The Morgan fingerprint density at radius 2 is 2.15 bits per heavy atom. The maximum Gasteiger partial charge on any atom is 0.245 e. The largest absolute Gasteiger partial charge is 0.376 e. The van der Waals surface area contributed by atoms with Gasteiger partial charge in [-0.3, -0.25) is 9.59 Å². The van der Waals surface area contributed by atoms with E-state index < -0.39 is 0 Å². The second-order valence-corrected chi connectivity index (χ2v) is 6.24. The molecule has 5 nitrogen and oxygen atoms in total. The SMILES string of the molecule is CCC1C(=O)NC(CC(C)C)C(=O)N1CC1CCCO1. The van der Waals surface area contributed by atoms with Crippen molar-refractivity contribution in [2.75, 3.05) is 13.2 Å². The third-order valence-corrected chi connectivity index (χ3v) is 4.09. The van der Waals surface area contributed by atoms with Gasteiger partial charge in [0.15, 0.2) is 0 Å². The molecule has 0 bridgehead atoms. The summed E-state index contributed by atoms with van der Waals surface area (Å²) < 4.78 is 5.62. The molecule has 2 amide bonds. The van der Waals surface area contributed by atoms with Crippen LogP contribution in [0.3, 0.4) is 0 Å². The predicted molar refractivity (Wildman–Crippen MR) is 76.2 cm³/mol. The summed E-state index contributed by atoms with van der Waals surface area (Å²) in [6.45, 7) is 7.40. The van der Waals surface area contributed by atoms with Crippen LogP contribution in [-0.2, 0) is 14.3 Å². The summed E-state index contributed by atoms with van der Waals surface area (Å²) in [7, 11) is 0. The van der Waals surface area contributed by atoms with Crippen LogP contribution in [-0.4, -0.2) is 48.1 Å². The Balaban J connectivity index is 2.09. The highest BCUT2D eigenvalue weighted by molar-refractivity contribution is 5.96. The summed E-state index contributed by atoms with van der Waals surface area (Å²) in [6.07, 6.45) is 3.47. The van der Waals surface area contributed by atoms with E-state index in [1.165, 1.54) is 0 Å². The molecule has 5 heteroatoms. The fraction of sp³-hybridized carbons (Fsp3) is 0.867. The number of nitrogens with one attached hydrogen (secondary N) is 1. The number of rotatable bonds is 5. The van der Waals surface area contributed by atoms with E-state index in [1.54, 1.807) is 4.90 Å². The number of hydrogen-bond donors (Lipinski definition) is 1. The summed E-state index contributed by atoms with van der Waals surface area (Å²) in [4.78, 5) is 26.6. The molecule has 20 heavy (non-hydrogen) atoms. The van der Waals surface area contributed by atoms with Crippen molar-refractivity contribution in [3.63, 3.8) is 0 Å². The van der Waals surface area contributed by atoms with Crippen molar-refractivity contribution >= 4 is 11.8 Å². The zero-order chi connectivity index (χ0) is 14.7. The van der Waals surface area contributed by atoms with Gasteiger partial charge >= 0.3 is 0 Å². The molecule has 2 saturated heterocycles. The lowest BCUT2D eigenvalue weighted by Crippen LogP contribution is -2.64. The van der Waals surface area contributed by atoms with Gasteiger partial charge in [-0.1, -0.05) is 20.8 Å². The molecule has 0 saturated carbocycles. The third-order valence-electron chi connectivity index (χ3n) is 4.09. The molecular weight excluding hydrogens is 256 g/mol. The zero-order valence-electron chi connectivity index (χ0n) is 12.7. The Labute approximate surface area is 121 Å². The fourth-order valence-electron chi connectivity index (χ4n) is 3.09. The molecule has 2 aliphatic rings. The number of nitrogens with zero attached hydrogens (tertiary/aromatic N) is 1. The van der Waals surface area contributed by atoms with Gasteiger partial charge in [-0.25, -0.2) is 0 Å². The lowest BCUT2D eigenvalue weighted by Gasteiger charge is -2.40. The molecular formula is C15H26N2O3. The molecule has 0 radical (unpaired) electrons. The zero-order valence-corrected chi connectivity index (χ0v) is 12.7. The normalized spacial score (nSPS) is 31.0. The molecule has 0 aromatic carbocycles. The summed E-state index contributed by atoms with van der Waals surface area (Å²) >= 11 is 0. The van der Waals surface area contributed by atoms with E-state index in [9.17, 15) is 9.59 Å². The average molecular weight is 282 g/mol. The quantitative estimate of drug-likeness (QED) is 0.827. The van der Waals surface area contributed by atoms with Crippen molar-refractivity contribution in [3.8, 4) is 0 Å². The minimum absolute atomic E-state index is 0.0178. The fourth-order valence-corrected chi connectivity index (χ4v) is 3.09. The predicted octanol–water partition coefficient (Wildman–Crippen LogP) is 1.32. The van der Waals surface area contributed by atoms with Gasteiger partial charge in [0, 0.05) is 13.2 Å². The molecule has 0 aromatic heterocycles. The number of carbonyl (C=O) groups is 2. The molecule has 0 aromatic rings. The molecule has 2 rings (SSSR count). The Morgan fingerprint density at radius 1 is 1.40 bits per heavy atom. The van der Waals surface area contributed by atoms with Crippen LogP contribution < -0.4 is 5.32 Å². The Bertz CT molecular complexity index is 364. The van der Waals surface area contributed by atoms with Crippen LogP contribution in [0.4, 0.5) is 0 Å². The molecule has 3 atom stereocenters. The molecule has 2 fully saturated rings. The summed E-state index contributed by atoms with van der Waals surface area (Å²) in [5, 5.41) is 2.88. The van der Waals surface area contributed by atoms with E-state index in [1.807, 2.05) is 6.92 Å². The summed E-state index contributed by atoms with van der Waals surface area (Å²) in [5.74, 6) is 0.420. The molecule has 3 unspecified atom stereocenters. The number of piperazine rings is 1. The molecule has 114 valence electrons. The average Bonchev–Trinajstić information content (AvgIpc) is 2.88. The molecule has 1 N–H and O–H groups in total. The Kier molecular flexibility index (Phi) is 5.02. The van der Waals surface area contributed by atoms with E-state index in [0.29, 0.717) is 25.3 Å². The van der Waals surface area contributed by atoms with Gasteiger partial charge in [-0.05, 0) is 31.6 Å². The first-order chi connectivity index (χ1) is 9.52. The molecule has 0 aliphatic carbocycles. The highest BCUT2D eigenvalue weighted by Gasteiger charge is 2.40. The lowest BCUT2D eigenvalue weighted by molar-refractivity contribution is -0.151. The van der Waals surface area contributed by atoms with Crippen LogP contribution >= 0.6 is 0 Å². The molecule has 2 heterocycles. The van der Waals surface area contributed by atoms with Crippen molar-refractivity contribution in [1.82, 2.24) is 10.2 Å². The van der Waals surface area contributed by atoms with Crippen LogP contribution in [0.2, 0.25) is 0 Å². The van der Waals surface area contributed by atoms with Crippen LogP contribution in [0, 0.1) is 5.92 Å². The van der Waals surface area contributed by atoms with E-state index in [0.717, 1.165) is 19.4 Å². The van der Waals surface area contributed by atoms with Gasteiger partial charge in [-0.15, -0.1) is 0 Å². The summed E-state index contributed by atoms with van der Waals surface area (Å²) in [6, 6.07) is -0.707.